The maximum atomic E-state index is 12.0. The zero-order valence-corrected chi connectivity index (χ0v) is 12.2. The predicted octanol–water partition coefficient (Wildman–Crippen LogP) is 2.19. The fourth-order valence-corrected chi connectivity index (χ4v) is 1.72. The summed E-state index contributed by atoms with van der Waals surface area (Å²) in [7, 11) is 0. The Morgan fingerprint density at radius 2 is 2.25 bits per heavy atom. The third-order valence-corrected chi connectivity index (χ3v) is 2.79. The molecule has 1 aromatic heterocycles. The summed E-state index contributed by atoms with van der Waals surface area (Å²) in [6.45, 7) is 6.26. The highest BCUT2D eigenvalue weighted by molar-refractivity contribution is 6.32. The van der Waals surface area contributed by atoms with Gasteiger partial charge in [0.15, 0.2) is 0 Å². The quantitative estimate of drug-likeness (QED) is 0.494. The SMILES string of the molecule is CCOC(C)(C)CNC(=O)c1cc([N+](=O)[O-])cnc1Cl. The maximum absolute atomic E-state index is 12.0. The number of amides is 1. The number of ether oxygens (including phenoxy) is 1. The smallest absolute Gasteiger partial charge is 0.288 e. The van der Waals surface area contributed by atoms with E-state index in [1.807, 2.05) is 20.8 Å². The molecule has 0 bridgehead atoms. The minimum Gasteiger partial charge on any atom is -0.374 e. The van der Waals surface area contributed by atoms with Crippen LogP contribution in [0.1, 0.15) is 31.1 Å². The number of aromatic nitrogens is 1. The molecular formula is C12H16ClN3O4. The number of nitrogens with one attached hydrogen (secondary N) is 1. The number of nitrogens with zero attached hydrogens (tertiary/aromatic N) is 2. The summed E-state index contributed by atoms with van der Waals surface area (Å²) in [6.07, 6.45) is 1.00. The van der Waals surface area contributed by atoms with Gasteiger partial charge in [0.1, 0.15) is 11.3 Å². The van der Waals surface area contributed by atoms with Crippen LogP contribution < -0.4 is 5.32 Å². The Morgan fingerprint density at radius 3 is 2.80 bits per heavy atom. The highest BCUT2D eigenvalue weighted by Crippen LogP contribution is 2.19. The van der Waals surface area contributed by atoms with Crippen LogP contribution in [0.15, 0.2) is 12.3 Å². The van der Waals surface area contributed by atoms with Crippen molar-refractivity contribution in [3.05, 3.63) is 33.1 Å². The van der Waals surface area contributed by atoms with Crippen molar-refractivity contribution in [1.29, 1.82) is 0 Å². The molecule has 0 aliphatic heterocycles. The molecule has 0 saturated carbocycles. The lowest BCUT2D eigenvalue weighted by Crippen LogP contribution is -2.40. The highest BCUT2D eigenvalue weighted by atomic mass is 35.5. The number of rotatable bonds is 6. The third kappa shape index (κ3) is 4.43. The molecule has 0 aliphatic carbocycles. The van der Waals surface area contributed by atoms with Crippen molar-refractivity contribution in [2.24, 2.45) is 0 Å². The van der Waals surface area contributed by atoms with Crippen LogP contribution in [0, 0.1) is 10.1 Å². The fraction of sp³-hybridized carbons (Fsp3) is 0.500. The van der Waals surface area contributed by atoms with Crippen molar-refractivity contribution in [3.8, 4) is 0 Å². The van der Waals surface area contributed by atoms with Gasteiger partial charge in [0, 0.05) is 19.2 Å². The zero-order chi connectivity index (χ0) is 15.3. The molecule has 20 heavy (non-hydrogen) atoms. The molecule has 110 valence electrons. The van der Waals surface area contributed by atoms with Crippen molar-refractivity contribution >= 4 is 23.2 Å². The second-order valence-corrected chi connectivity index (χ2v) is 5.02. The molecule has 0 saturated heterocycles. The lowest BCUT2D eigenvalue weighted by atomic mass is 10.1. The molecular weight excluding hydrogens is 286 g/mol. The van der Waals surface area contributed by atoms with Crippen LogP contribution in [0.25, 0.3) is 0 Å². The van der Waals surface area contributed by atoms with Crippen LogP contribution in [-0.4, -0.2) is 34.6 Å². The van der Waals surface area contributed by atoms with Gasteiger partial charge in [-0.15, -0.1) is 0 Å². The van der Waals surface area contributed by atoms with Crippen molar-refractivity contribution in [3.63, 3.8) is 0 Å². The Balaban J connectivity index is 2.82. The molecule has 1 amide bonds. The summed E-state index contributed by atoms with van der Waals surface area (Å²) < 4.78 is 5.44. The summed E-state index contributed by atoms with van der Waals surface area (Å²) in [5, 5.41) is 13.2. The van der Waals surface area contributed by atoms with E-state index < -0.39 is 16.4 Å². The first-order valence-corrected chi connectivity index (χ1v) is 6.36. The second-order valence-electron chi connectivity index (χ2n) is 4.66. The highest BCUT2D eigenvalue weighted by Gasteiger charge is 2.21. The molecule has 0 radical (unpaired) electrons. The third-order valence-electron chi connectivity index (χ3n) is 2.49. The number of carbonyl (C=O) groups excluding carboxylic acids is 1. The molecule has 7 nitrogen and oxygen atoms in total. The van der Waals surface area contributed by atoms with E-state index in [1.165, 1.54) is 0 Å². The molecule has 0 atom stereocenters. The van der Waals surface area contributed by atoms with Gasteiger partial charge in [-0.2, -0.15) is 0 Å². The molecule has 1 N–H and O–H groups in total. The summed E-state index contributed by atoms with van der Waals surface area (Å²) in [4.78, 5) is 25.6. The van der Waals surface area contributed by atoms with E-state index in [2.05, 4.69) is 10.3 Å². The lowest BCUT2D eigenvalue weighted by Gasteiger charge is -2.24. The predicted molar refractivity (Wildman–Crippen MR) is 73.9 cm³/mol. The van der Waals surface area contributed by atoms with E-state index >= 15 is 0 Å². The first kappa shape index (κ1) is 16.3. The number of carbonyl (C=O) groups is 1. The monoisotopic (exact) mass is 301 g/mol. The Morgan fingerprint density at radius 1 is 1.60 bits per heavy atom. The maximum Gasteiger partial charge on any atom is 0.288 e. The van der Waals surface area contributed by atoms with E-state index in [0.717, 1.165) is 12.3 Å². The van der Waals surface area contributed by atoms with Gasteiger partial charge in [-0.3, -0.25) is 14.9 Å². The van der Waals surface area contributed by atoms with Gasteiger partial charge in [0.05, 0.1) is 16.1 Å². The van der Waals surface area contributed by atoms with Gasteiger partial charge in [-0.05, 0) is 20.8 Å². The average molecular weight is 302 g/mol. The fourth-order valence-electron chi connectivity index (χ4n) is 1.53. The first-order valence-electron chi connectivity index (χ1n) is 5.99. The van der Waals surface area contributed by atoms with Gasteiger partial charge in [0.25, 0.3) is 11.6 Å². The topological polar surface area (TPSA) is 94.4 Å². The summed E-state index contributed by atoms with van der Waals surface area (Å²) >= 11 is 5.78. The van der Waals surface area contributed by atoms with E-state index in [0.29, 0.717) is 6.61 Å². The Bertz CT molecular complexity index is 519. The molecule has 0 spiro atoms. The van der Waals surface area contributed by atoms with Crippen molar-refractivity contribution < 1.29 is 14.5 Å². The molecule has 1 rings (SSSR count). The van der Waals surface area contributed by atoms with Gasteiger partial charge in [0.2, 0.25) is 0 Å². The van der Waals surface area contributed by atoms with Crippen LogP contribution in [0.2, 0.25) is 5.15 Å². The standard InChI is InChI=1S/C12H16ClN3O4/c1-4-20-12(2,3)7-15-11(17)9-5-8(16(18)19)6-14-10(9)13/h5-6H,4,7H2,1-3H3,(H,15,17). The van der Waals surface area contributed by atoms with Gasteiger partial charge in [-0.1, -0.05) is 11.6 Å². The minimum absolute atomic E-state index is 0.0341. The molecule has 1 aromatic rings. The van der Waals surface area contributed by atoms with Crippen molar-refractivity contribution in [1.82, 2.24) is 10.3 Å². The van der Waals surface area contributed by atoms with Crippen LogP contribution in [0.4, 0.5) is 5.69 Å². The van der Waals surface area contributed by atoms with Crippen LogP contribution >= 0.6 is 11.6 Å². The Kier molecular flexibility index (Phi) is 5.41. The summed E-state index contributed by atoms with van der Waals surface area (Å²) in [6, 6.07) is 1.10. The largest absolute Gasteiger partial charge is 0.374 e. The Hall–Kier alpha value is -1.73. The minimum atomic E-state index is -0.635. The van der Waals surface area contributed by atoms with Crippen LogP contribution in [0.5, 0.6) is 0 Å². The summed E-state index contributed by atoms with van der Waals surface area (Å²) in [5.41, 5.74) is -0.859. The normalized spacial score (nSPS) is 11.2. The molecule has 1 heterocycles. The number of hydrogen-bond acceptors (Lipinski definition) is 5. The molecule has 0 unspecified atom stereocenters. The average Bonchev–Trinajstić information content (AvgIpc) is 2.36. The molecule has 0 fully saturated rings. The number of halogens is 1. The van der Waals surface area contributed by atoms with Crippen molar-refractivity contribution in [2.45, 2.75) is 26.4 Å². The number of hydrogen-bond donors (Lipinski definition) is 1. The van der Waals surface area contributed by atoms with E-state index in [-0.39, 0.29) is 22.9 Å². The number of nitro groups is 1. The molecule has 8 heteroatoms. The number of pyridine rings is 1. The van der Waals surface area contributed by atoms with Crippen molar-refractivity contribution in [2.75, 3.05) is 13.2 Å². The van der Waals surface area contributed by atoms with E-state index in [9.17, 15) is 14.9 Å². The second kappa shape index (κ2) is 6.62. The van der Waals surface area contributed by atoms with Gasteiger partial charge >= 0.3 is 0 Å². The lowest BCUT2D eigenvalue weighted by molar-refractivity contribution is -0.385. The van der Waals surface area contributed by atoms with Gasteiger partial charge in [-0.25, -0.2) is 4.98 Å². The zero-order valence-electron chi connectivity index (χ0n) is 11.5. The molecule has 0 aromatic carbocycles. The van der Waals surface area contributed by atoms with E-state index in [4.69, 9.17) is 16.3 Å². The first-order chi connectivity index (χ1) is 9.26. The Labute approximate surface area is 121 Å². The molecule has 0 aliphatic rings. The van der Waals surface area contributed by atoms with Gasteiger partial charge < -0.3 is 10.1 Å². The van der Waals surface area contributed by atoms with Crippen LogP contribution in [0.3, 0.4) is 0 Å². The van der Waals surface area contributed by atoms with E-state index in [1.54, 1.807) is 0 Å². The summed E-state index contributed by atoms with van der Waals surface area (Å²) in [5.74, 6) is -0.529. The van der Waals surface area contributed by atoms with Crippen LogP contribution in [-0.2, 0) is 4.74 Å².